The molecule has 3 rings (SSSR count). The van der Waals surface area contributed by atoms with Gasteiger partial charge in [-0.25, -0.2) is 13.2 Å². The fourth-order valence-corrected chi connectivity index (χ4v) is 5.26. The van der Waals surface area contributed by atoms with Crippen LogP contribution >= 0.6 is 11.3 Å². The molecule has 2 aliphatic rings. The summed E-state index contributed by atoms with van der Waals surface area (Å²) in [5.41, 5.74) is 0. The number of amides is 2. The maximum atomic E-state index is 12.4. The number of carbonyl (C=O) groups excluding carboxylic acids is 1. The van der Waals surface area contributed by atoms with Gasteiger partial charge < -0.3 is 10.2 Å². The van der Waals surface area contributed by atoms with Crippen LogP contribution in [0.5, 0.6) is 0 Å². The van der Waals surface area contributed by atoms with Gasteiger partial charge in [0, 0.05) is 23.2 Å². The van der Waals surface area contributed by atoms with Crippen molar-refractivity contribution >= 4 is 27.2 Å². The second kappa shape index (κ2) is 5.61. The van der Waals surface area contributed by atoms with E-state index >= 15 is 0 Å². The van der Waals surface area contributed by atoms with Crippen LogP contribution in [0, 0.1) is 0 Å². The van der Waals surface area contributed by atoms with Crippen LogP contribution in [0.25, 0.3) is 0 Å². The van der Waals surface area contributed by atoms with Crippen LogP contribution < -0.4 is 5.32 Å². The molecule has 2 amide bonds. The number of nitrogens with zero attached hydrogens (tertiary/aromatic N) is 1. The second-order valence-corrected chi connectivity index (χ2v) is 9.31. The van der Waals surface area contributed by atoms with E-state index in [0.717, 1.165) is 17.7 Å². The minimum absolute atomic E-state index is 0.0529. The largest absolute Gasteiger partial charge is 0.333 e. The molecular weight excluding hydrogens is 308 g/mol. The summed E-state index contributed by atoms with van der Waals surface area (Å²) in [6.45, 7) is 0.544. The standard InChI is InChI=1S/C14H20N2O3S2/c1-21(18,19)13-7-10-4-5-11(8-13)16(10)14(17)15-9-12-3-2-6-20-12/h2-3,6,10-11,13H,4-5,7-9H2,1H3,(H,15,17). The van der Waals surface area contributed by atoms with E-state index in [1.54, 1.807) is 11.3 Å². The van der Waals surface area contributed by atoms with Crippen molar-refractivity contribution in [2.75, 3.05) is 6.26 Å². The van der Waals surface area contributed by atoms with E-state index in [4.69, 9.17) is 0 Å². The zero-order valence-corrected chi connectivity index (χ0v) is 13.6. The van der Waals surface area contributed by atoms with Crippen LogP contribution in [0.2, 0.25) is 0 Å². The minimum atomic E-state index is -3.01. The first-order valence-corrected chi connectivity index (χ1v) is 10.1. The van der Waals surface area contributed by atoms with Gasteiger partial charge in [0.05, 0.1) is 11.8 Å². The van der Waals surface area contributed by atoms with Crippen LogP contribution in [-0.2, 0) is 16.4 Å². The molecule has 1 aromatic rings. The van der Waals surface area contributed by atoms with Gasteiger partial charge in [0.25, 0.3) is 0 Å². The van der Waals surface area contributed by atoms with Crippen molar-refractivity contribution in [2.24, 2.45) is 0 Å². The Hall–Kier alpha value is -1.08. The highest BCUT2D eigenvalue weighted by Crippen LogP contribution is 2.38. The fraction of sp³-hybridized carbons (Fsp3) is 0.643. The molecule has 2 fully saturated rings. The number of sulfone groups is 1. The molecule has 116 valence electrons. The van der Waals surface area contributed by atoms with Crippen molar-refractivity contribution in [3.63, 3.8) is 0 Å². The van der Waals surface area contributed by atoms with Crippen molar-refractivity contribution in [1.82, 2.24) is 10.2 Å². The first-order chi connectivity index (χ1) is 9.95. The Bertz CT molecular complexity index is 598. The summed E-state index contributed by atoms with van der Waals surface area (Å²) in [5.74, 6) is 0. The van der Waals surface area contributed by atoms with Gasteiger partial charge in [0.2, 0.25) is 0 Å². The molecule has 1 aromatic heterocycles. The highest BCUT2D eigenvalue weighted by molar-refractivity contribution is 7.91. The van der Waals surface area contributed by atoms with Crippen LogP contribution in [0.15, 0.2) is 17.5 Å². The quantitative estimate of drug-likeness (QED) is 0.923. The van der Waals surface area contributed by atoms with Crippen molar-refractivity contribution in [3.8, 4) is 0 Å². The van der Waals surface area contributed by atoms with Crippen LogP contribution in [-0.4, -0.2) is 42.9 Å². The number of carbonyl (C=O) groups is 1. The zero-order chi connectivity index (χ0) is 15.0. The van der Waals surface area contributed by atoms with Crippen molar-refractivity contribution in [1.29, 1.82) is 0 Å². The van der Waals surface area contributed by atoms with Crippen molar-refractivity contribution < 1.29 is 13.2 Å². The van der Waals surface area contributed by atoms with Gasteiger partial charge in [-0.15, -0.1) is 11.3 Å². The fourth-order valence-electron chi connectivity index (χ4n) is 3.48. The van der Waals surface area contributed by atoms with Crippen molar-refractivity contribution in [2.45, 2.75) is 49.6 Å². The van der Waals surface area contributed by atoms with E-state index in [9.17, 15) is 13.2 Å². The third kappa shape index (κ3) is 3.08. The van der Waals surface area contributed by atoms with Gasteiger partial charge in [0.15, 0.2) is 0 Å². The molecule has 1 N–H and O–H groups in total. The molecule has 2 aliphatic heterocycles. The molecule has 0 aliphatic carbocycles. The SMILES string of the molecule is CS(=O)(=O)C1CC2CCC(C1)N2C(=O)NCc1cccs1. The predicted molar refractivity (Wildman–Crippen MR) is 83.1 cm³/mol. The van der Waals surface area contributed by atoms with E-state index in [0.29, 0.717) is 19.4 Å². The Morgan fingerprint density at radius 2 is 2.05 bits per heavy atom. The Kier molecular flexibility index (Phi) is 3.96. The first-order valence-electron chi connectivity index (χ1n) is 7.22. The summed E-state index contributed by atoms with van der Waals surface area (Å²) >= 11 is 1.62. The van der Waals surface area contributed by atoms with Crippen LogP contribution in [0.4, 0.5) is 4.79 Å². The minimum Gasteiger partial charge on any atom is -0.333 e. The molecule has 2 saturated heterocycles. The molecule has 2 unspecified atom stereocenters. The Morgan fingerprint density at radius 3 is 2.57 bits per heavy atom. The highest BCUT2D eigenvalue weighted by atomic mass is 32.2. The zero-order valence-electron chi connectivity index (χ0n) is 12.0. The topological polar surface area (TPSA) is 66.5 Å². The molecule has 7 heteroatoms. The van der Waals surface area contributed by atoms with Gasteiger partial charge in [-0.3, -0.25) is 0 Å². The van der Waals surface area contributed by atoms with E-state index in [1.807, 2.05) is 22.4 Å². The number of hydrogen-bond acceptors (Lipinski definition) is 4. The summed E-state index contributed by atoms with van der Waals surface area (Å²) in [6.07, 6.45) is 4.32. The third-order valence-electron chi connectivity index (χ3n) is 4.52. The number of rotatable bonds is 3. The van der Waals surface area contributed by atoms with Gasteiger partial charge in [-0.05, 0) is 37.1 Å². The number of nitrogens with one attached hydrogen (secondary N) is 1. The summed E-state index contributed by atoms with van der Waals surface area (Å²) in [7, 11) is -3.01. The third-order valence-corrected chi connectivity index (χ3v) is 7.00. The molecule has 2 bridgehead atoms. The average molecular weight is 328 g/mol. The molecule has 0 radical (unpaired) electrons. The molecule has 3 heterocycles. The van der Waals surface area contributed by atoms with Gasteiger partial charge in [-0.1, -0.05) is 6.07 Å². The number of hydrogen-bond donors (Lipinski definition) is 1. The van der Waals surface area contributed by atoms with E-state index in [1.165, 1.54) is 6.26 Å². The maximum absolute atomic E-state index is 12.4. The molecule has 21 heavy (non-hydrogen) atoms. The summed E-state index contributed by atoms with van der Waals surface area (Å²) in [6, 6.07) is 4.06. The lowest BCUT2D eigenvalue weighted by Crippen LogP contribution is -2.52. The normalized spacial score (nSPS) is 28.6. The molecule has 2 atom stereocenters. The van der Waals surface area contributed by atoms with E-state index < -0.39 is 9.84 Å². The highest BCUT2D eigenvalue weighted by Gasteiger charge is 2.45. The predicted octanol–water partition coefficient (Wildman–Crippen LogP) is 2.00. The smallest absolute Gasteiger partial charge is 0.318 e. The lowest BCUT2D eigenvalue weighted by molar-refractivity contribution is 0.147. The van der Waals surface area contributed by atoms with Gasteiger partial charge >= 0.3 is 6.03 Å². The van der Waals surface area contributed by atoms with Crippen molar-refractivity contribution in [3.05, 3.63) is 22.4 Å². The Morgan fingerprint density at radius 1 is 1.38 bits per heavy atom. The molecule has 5 nitrogen and oxygen atoms in total. The maximum Gasteiger partial charge on any atom is 0.318 e. The number of thiophene rings is 1. The monoisotopic (exact) mass is 328 g/mol. The van der Waals surface area contributed by atoms with Crippen LogP contribution in [0.3, 0.4) is 0 Å². The molecular formula is C14H20N2O3S2. The Balaban J connectivity index is 1.63. The lowest BCUT2D eigenvalue weighted by atomic mass is 10.0. The average Bonchev–Trinajstić information content (AvgIpc) is 3.01. The molecule has 0 saturated carbocycles. The lowest BCUT2D eigenvalue weighted by Gasteiger charge is -2.38. The first kappa shape index (κ1) is 14.8. The van der Waals surface area contributed by atoms with Gasteiger partial charge in [-0.2, -0.15) is 0 Å². The number of piperidine rings is 1. The number of fused-ring (bicyclic) bond motifs is 2. The van der Waals surface area contributed by atoms with Crippen LogP contribution in [0.1, 0.15) is 30.6 Å². The molecule has 0 spiro atoms. The summed E-state index contributed by atoms with van der Waals surface area (Å²) in [5, 5.41) is 4.66. The summed E-state index contributed by atoms with van der Waals surface area (Å²) < 4.78 is 23.5. The summed E-state index contributed by atoms with van der Waals surface area (Å²) in [4.78, 5) is 15.4. The Labute approximate surface area is 129 Å². The van der Waals surface area contributed by atoms with E-state index in [-0.39, 0.29) is 23.4 Å². The number of urea groups is 1. The van der Waals surface area contributed by atoms with Gasteiger partial charge in [0.1, 0.15) is 9.84 Å². The molecule has 0 aromatic carbocycles. The van der Waals surface area contributed by atoms with E-state index in [2.05, 4.69) is 5.32 Å². The second-order valence-electron chi connectivity index (χ2n) is 5.95.